The lowest BCUT2D eigenvalue weighted by Crippen LogP contribution is -2.41. The van der Waals surface area contributed by atoms with Gasteiger partial charge in [-0.05, 0) is 51.1 Å². The lowest BCUT2D eigenvalue weighted by Gasteiger charge is -2.32. The van der Waals surface area contributed by atoms with Gasteiger partial charge in [0.1, 0.15) is 6.33 Å². The van der Waals surface area contributed by atoms with Gasteiger partial charge in [0.2, 0.25) is 5.91 Å². The molecule has 1 aliphatic carbocycles. The normalized spacial score (nSPS) is 22.7. The van der Waals surface area contributed by atoms with Crippen LogP contribution in [-0.4, -0.2) is 39.9 Å². The van der Waals surface area contributed by atoms with Gasteiger partial charge in [0, 0.05) is 37.0 Å². The highest BCUT2D eigenvalue weighted by Crippen LogP contribution is 2.29. The molecule has 5 heteroatoms. The standard InChI is InChI=1S/C18H28N4O/c23-18(10-15-4-1-2-5-15)22(13-16-11-20-14-21-12-16)17-6-3-8-19-9-7-17/h11-12,14-15,17,19H,1-10,13H2. The van der Waals surface area contributed by atoms with Crippen LogP contribution in [0.4, 0.5) is 0 Å². The minimum atomic E-state index is 0.327. The monoisotopic (exact) mass is 316 g/mol. The maximum absolute atomic E-state index is 13.0. The van der Waals surface area contributed by atoms with Crippen LogP contribution in [0.5, 0.6) is 0 Å². The van der Waals surface area contributed by atoms with Crippen molar-refractivity contribution in [1.82, 2.24) is 20.2 Å². The molecule has 2 fully saturated rings. The summed E-state index contributed by atoms with van der Waals surface area (Å²) in [5.74, 6) is 0.925. The van der Waals surface area contributed by atoms with Crippen LogP contribution in [0.2, 0.25) is 0 Å². The maximum atomic E-state index is 13.0. The fraction of sp³-hybridized carbons (Fsp3) is 0.722. The number of carbonyl (C=O) groups is 1. The van der Waals surface area contributed by atoms with E-state index in [4.69, 9.17) is 0 Å². The van der Waals surface area contributed by atoms with Crippen molar-refractivity contribution in [1.29, 1.82) is 0 Å². The minimum Gasteiger partial charge on any atom is -0.335 e. The van der Waals surface area contributed by atoms with E-state index in [1.165, 1.54) is 25.7 Å². The van der Waals surface area contributed by atoms with E-state index in [-0.39, 0.29) is 0 Å². The third-order valence-corrected chi connectivity index (χ3v) is 5.21. The molecule has 1 amide bonds. The Bertz CT molecular complexity index is 479. The number of carbonyl (C=O) groups excluding carboxylic acids is 1. The van der Waals surface area contributed by atoms with E-state index in [1.807, 2.05) is 12.4 Å². The molecule has 1 saturated carbocycles. The lowest BCUT2D eigenvalue weighted by atomic mass is 10.0. The van der Waals surface area contributed by atoms with E-state index < -0.39 is 0 Å². The Hall–Kier alpha value is -1.49. The number of aromatic nitrogens is 2. The first-order valence-electron chi connectivity index (χ1n) is 9.07. The topological polar surface area (TPSA) is 58.1 Å². The van der Waals surface area contributed by atoms with E-state index in [2.05, 4.69) is 20.2 Å². The molecule has 5 nitrogen and oxygen atoms in total. The van der Waals surface area contributed by atoms with Crippen LogP contribution in [0.3, 0.4) is 0 Å². The number of hydrogen-bond donors (Lipinski definition) is 1. The van der Waals surface area contributed by atoms with Crippen LogP contribution in [0.1, 0.15) is 56.9 Å². The number of rotatable bonds is 5. The van der Waals surface area contributed by atoms with Crippen molar-refractivity contribution in [2.75, 3.05) is 13.1 Å². The van der Waals surface area contributed by atoms with Gasteiger partial charge in [-0.2, -0.15) is 0 Å². The molecular formula is C18H28N4O. The average molecular weight is 316 g/mol. The third-order valence-electron chi connectivity index (χ3n) is 5.21. The van der Waals surface area contributed by atoms with E-state index in [9.17, 15) is 4.79 Å². The summed E-state index contributed by atoms with van der Waals surface area (Å²) in [4.78, 5) is 23.3. The van der Waals surface area contributed by atoms with Crippen molar-refractivity contribution < 1.29 is 4.79 Å². The molecule has 1 unspecified atom stereocenters. The first kappa shape index (κ1) is 16.4. The third kappa shape index (κ3) is 4.74. The number of hydrogen-bond acceptors (Lipinski definition) is 4. The fourth-order valence-electron chi connectivity index (χ4n) is 3.92. The average Bonchev–Trinajstić information content (AvgIpc) is 2.93. The summed E-state index contributed by atoms with van der Waals surface area (Å²) in [6.07, 6.45) is 14.2. The van der Waals surface area contributed by atoms with E-state index in [0.717, 1.165) is 44.3 Å². The SMILES string of the molecule is O=C(CC1CCCC1)N(Cc1cncnc1)C1CCCNCC1. The summed E-state index contributed by atoms with van der Waals surface area (Å²) < 4.78 is 0. The molecule has 1 aromatic rings. The van der Waals surface area contributed by atoms with Crippen LogP contribution in [0.15, 0.2) is 18.7 Å². The number of nitrogens with one attached hydrogen (secondary N) is 1. The Morgan fingerprint density at radius 3 is 2.65 bits per heavy atom. The Labute approximate surface area is 138 Å². The maximum Gasteiger partial charge on any atom is 0.223 e. The Morgan fingerprint density at radius 1 is 1.09 bits per heavy atom. The van der Waals surface area contributed by atoms with Crippen molar-refractivity contribution in [3.05, 3.63) is 24.3 Å². The summed E-state index contributed by atoms with van der Waals surface area (Å²) >= 11 is 0. The van der Waals surface area contributed by atoms with Crippen molar-refractivity contribution in [3.8, 4) is 0 Å². The van der Waals surface area contributed by atoms with Gasteiger partial charge >= 0.3 is 0 Å². The van der Waals surface area contributed by atoms with Crippen LogP contribution in [-0.2, 0) is 11.3 Å². The van der Waals surface area contributed by atoms with Crippen molar-refractivity contribution in [3.63, 3.8) is 0 Å². The first-order chi connectivity index (χ1) is 11.3. The first-order valence-corrected chi connectivity index (χ1v) is 9.07. The Kier molecular flexibility index (Phi) is 5.97. The predicted molar refractivity (Wildman–Crippen MR) is 89.7 cm³/mol. The second-order valence-electron chi connectivity index (χ2n) is 6.96. The van der Waals surface area contributed by atoms with E-state index >= 15 is 0 Å². The van der Waals surface area contributed by atoms with Gasteiger partial charge in [0.15, 0.2) is 0 Å². The molecule has 2 heterocycles. The van der Waals surface area contributed by atoms with Gasteiger partial charge in [-0.25, -0.2) is 9.97 Å². The summed E-state index contributed by atoms with van der Waals surface area (Å²) in [5, 5.41) is 3.45. The molecule has 3 rings (SSSR count). The zero-order chi connectivity index (χ0) is 15.9. The largest absolute Gasteiger partial charge is 0.335 e. The highest BCUT2D eigenvalue weighted by atomic mass is 16.2. The van der Waals surface area contributed by atoms with Crippen molar-refractivity contribution >= 4 is 5.91 Å². The molecular weight excluding hydrogens is 288 g/mol. The van der Waals surface area contributed by atoms with Crippen molar-refractivity contribution in [2.24, 2.45) is 5.92 Å². The van der Waals surface area contributed by atoms with Crippen LogP contribution in [0, 0.1) is 5.92 Å². The summed E-state index contributed by atoms with van der Waals surface area (Å²) in [7, 11) is 0. The van der Waals surface area contributed by atoms with Gasteiger partial charge in [0.25, 0.3) is 0 Å². The predicted octanol–water partition coefficient (Wildman–Crippen LogP) is 2.53. The highest BCUT2D eigenvalue weighted by molar-refractivity contribution is 5.76. The molecule has 23 heavy (non-hydrogen) atoms. The zero-order valence-electron chi connectivity index (χ0n) is 13.9. The molecule has 1 N–H and O–H groups in total. The summed E-state index contributed by atoms with van der Waals surface area (Å²) in [6, 6.07) is 0.346. The van der Waals surface area contributed by atoms with Gasteiger partial charge < -0.3 is 10.2 Å². The molecule has 1 aromatic heterocycles. The van der Waals surface area contributed by atoms with Crippen molar-refractivity contribution in [2.45, 2.75) is 64.0 Å². The van der Waals surface area contributed by atoms with E-state index in [1.54, 1.807) is 6.33 Å². The highest BCUT2D eigenvalue weighted by Gasteiger charge is 2.27. The minimum absolute atomic E-state index is 0.327. The second kappa shape index (κ2) is 8.39. The molecule has 1 atom stereocenters. The lowest BCUT2D eigenvalue weighted by molar-refractivity contribution is -0.135. The Morgan fingerprint density at radius 2 is 1.87 bits per heavy atom. The number of nitrogens with zero attached hydrogens (tertiary/aromatic N) is 3. The van der Waals surface area contributed by atoms with Crippen LogP contribution < -0.4 is 5.32 Å². The zero-order valence-corrected chi connectivity index (χ0v) is 13.9. The quantitative estimate of drug-likeness (QED) is 0.907. The van der Waals surface area contributed by atoms with Crippen LogP contribution >= 0.6 is 0 Å². The Balaban J connectivity index is 1.69. The summed E-state index contributed by atoms with van der Waals surface area (Å²) in [6.45, 7) is 2.72. The van der Waals surface area contributed by atoms with E-state index in [0.29, 0.717) is 24.4 Å². The van der Waals surface area contributed by atoms with Gasteiger partial charge in [-0.3, -0.25) is 4.79 Å². The van der Waals surface area contributed by atoms with Crippen LogP contribution in [0.25, 0.3) is 0 Å². The second-order valence-corrected chi connectivity index (χ2v) is 6.96. The molecule has 0 spiro atoms. The molecule has 2 aliphatic rings. The van der Waals surface area contributed by atoms with Gasteiger partial charge in [-0.15, -0.1) is 0 Å². The number of amides is 1. The van der Waals surface area contributed by atoms with Gasteiger partial charge in [-0.1, -0.05) is 12.8 Å². The molecule has 0 aromatic carbocycles. The molecule has 0 radical (unpaired) electrons. The van der Waals surface area contributed by atoms with Gasteiger partial charge in [0.05, 0.1) is 0 Å². The smallest absolute Gasteiger partial charge is 0.223 e. The molecule has 126 valence electrons. The molecule has 1 saturated heterocycles. The molecule has 1 aliphatic heterocycles. The summed E-state index contributed by atoms with van der Waals surface area (Å²) in [5.41, 5.74) is 1.03. The molecule has 0 bridgehead atoms. The fourth-order valence-corrected chi connectivity index (χ4v) is 3.92.